The van der Waals surface area contributed by atoms with Crippen LogP contribution in [0.4, 0.5) is 11.4 Å². The van der Waals surface area contributed by atoms with Crippen molar-refractivity contribution in [1.82, 2.24) is 10.1 Å². The molecule has 2 aromatic heterocycles. The van der Waals surface area contributed by atoms with Crippen LogP contribution in [0.1, 0.15) is 48.1 Å². The Balaban J connectivity index is 1.51. The van der Waals surface area contributed by atoms with Crippen LogP contribution in [0.15, 0.2) is 53.2 Å². The summed E-state index contributed by atoms with van der Waals surface area (Å²) >= 11 is 6.55. The topological polar surface area (TPSA) is 120 Å². The monoisotopic (exact) mass is 506 g/mol. The van der Waals surface area contributed by atoms with Gasteiger partial charge in [-0.3, -0.25) is 14.6 Å². The third kappa shape index (κ3) is 5.49. The number of carbonyl (C=O) groups is 2. The Morgan fingerprint density at radius 3 is 2.50 bits per heavy atom. The number of aromatic nitrogens is 2. The SMILES string of the molecule is COc1cc2nccc(Nc3ccc(CC(=O)Cc4cc(C(C)(C)C)on4)cc3Cl)c2cc1C(N)=O. The van der Waals surface area contributed by atoms with Gasteiger partial charge in [0.05, 0.1) is 41.0 Å². The number of pyridine rings is 1. The minimum absolute atomic E-state index is 0.00795. The molecule has 3 N–H and O–H groups in total. The molecule has 0 saturated heterocycles. The zero-order chi connectivity index (χ0) is 26.0. The van der Waals surface area contributed by atoms with E-state index in [2.05, 4.69) is 15.5 Å². The molecule has 4 aromatic rings. The van der Waals surface area contributed by atoms with E-state index in [0.29, 0.717) is 38.7 Å². The molecule has 186 valence electrons. The number of methoxy groups -OCH3 is 1. The summed E-state index contributed by atoms with van der Waals surface area (Å²) in [4.78, 5) is 28.9. The number of fused-ring (bicyclic) bond motifs is 1. The summed E-state index contributed by atoms with van der Waals surface area (Å²) in [5, 5.41) is 8.44. The lowest BCUT2D eigenvalue weighted by atomic mass is 9.93. The molecule has 2 heterocycles. The van der Waals surface area contributed by atoms with Gasteiger partial charge in [0.1, 0.15) is 17.3 Å². The fraction of sp³-hybridized carbons (Fsp3) is 0.259. The Bertz CT molecular complexity index is 1460. The van der Waals surface area contributed by atoms with Crippen LogP contribution in [-0.2, 0) is 23.1 Å². The number of rotatable bonds is 8. The van der Waals surface area contributed by atoms with Crippen molar-refractivity contribution in [2.45, 2.75) is 39.0 Å². The summed E-state index contributed by atoms with van der Waals surface area (Å²) in [6.45, 7) is 6.08. The molecule has 0 aliphatic carbocycles. The second-order valence-electron chi connectivity index (χ2n) is 9.56. The molecule has 1 amide bonds. The highest BCUT2D eigenvalue weighted by Gasteiger charge is 2.21. The van der Waals surface area contributed by atoms with Gasteiger partial charge >= 0.3 is 0 Å². The first-order valence-corrected chi connectivity index (χ1v) is 11.7. The predicted molar refractivity (Wildman–Crippen MR) is 139 cm³/mol. The van der Waals surface area contributed by atoms with Crippen molar-refractivity contribution in [3.63, 3.8) is 0 Å². The quantitative estimate of drug-likeness (QED) is 0.329. The third-order valence-corrected chi connectivity index (χ3v) is 6.02. The van der Waals surface area contributed by atoms with E-state index in [9.17, 15) is 9.59 Å². The summed E-state index contributed by atoms with van der Waals surface area (Å²) in [5.41, 5.74) is 8.96. The number of hydrogen-bond donors (Lipinski definition) is 2. The molecule has 0 atom stereocenters. The summed E-state index contributed by atoms with van der Waals surface area (Å²) in [6.07, 6.45) is 2.05. The lowest BCUT2D eigenvalue weighted by molar-refractivity contribution is -0.117. The van der Waals surface area contributed by atoms with Crippen molar-refractivity contribution in [3.05, 3.63) is 76.3 Å². The number of nitrogens with two attached hydrogens (primary N) is 1. The highest BCUT2D eigenvalue weighted by Crippen LogP contribution is 2.33. The first kappa shape index (κ1) is 25.2. The Hall–Kier alpha value is -3.91. The van der Waals surface area contributed by atoms with Gasteiger partial charge in [-0.1, -0.05) is 43.6 Å². The highest BCUT2D eigenvalue weighted by atomic mass is 35.5. The maximum absolute atomic E-state index is 12.6. The van der Waals surface area contributed by atoms with Crippen molar-refractivity contribution in [2.24, 2.45) is 5.73 Å². The fourth-order valence-corrected chi connectivity index (χ4v) is 4.05. The molecule has 2 aromatic carbocycles. The first-order chi connectivity index (χ1) is 17.0. The maximum Gasteiger partial charge on any atom is 0.252 e. The van der Waals surface area contributed by atoms with E-state index in [1.165, 1.54) is 7.11 Å². The number of anilines is 2. The Kier molecular flexibility index (Phi) is 6.99. The van der Waals surface area contributed by atoms with E-state index in [-0.39, 0.29) is 29.6 Å². The van der Waals surface area contributed by atoms with Gasteiger partial charge in [-0.05, 0) is 29.8 Å². The molecule has 0 spiro atoms. The van der Waals surface area contributed by atoms with Crippen molar-refractivity contribution in [2.75, 3.05) is 12.4 Å². The molecule has 0 fully saturated rings. The van der Waals surface area contributed by atoms with Gasteiger partial charge in [0.25, 0.3) is 5.91 Å². The second-order valence-corrected chi connectivity index (χ2v) is 9.96. The number of nitrogens with one attached hydrogen (secondary N) is 1. The molecule has 36 heavy (non-hydrogen) atoms. The number of ether oxygens (including phenoxy) is 1. The largest absolute Gasteiger partial charge is 0.496 e. The molecule has 9 heteroatoms. The average molecular weight is 507 g/mol. The van der Waals surface area contributed by atoms with Crippen molar-refractivity contribution in [1.29, 1.82) is 0 Å². The lowest BCUT2D eigenvalue weighted by Gasteiger charge is -2.14. The minimum atomic E-state index is -0.601. The molecule has 0 radical (unpaired) electrons. The fourth-order valence-electron chi connectivity index (χ4n) is 3.80. The molecule has 8 nitrogen and oxygen atoms in total. The summed E-state index contributed by atoms with van der Waals surface area (Å²) in [6, 6.07) is 12.3. The van der Waals surface area contributed by atoms with Gasteiger partial charge in [-0.2, -0.15) is 0 Å². The van der Waals surface area contributed by atoms with E-state index in [4.69, 9.17) is 26.6 Å². The van der Waals surface area contributed by atoms with Crippen molar-refractivity contribution in [3.8, 4) is 5.75 Å². The highest BCUT2D eigenvalue weighted by molar-refractivity contribution is 6.33. The number of halogens is 1. The molecular formula is C27H27ClN4O4. The van der Waals surface area contributed by atoms with Gasteiger partial charge in [0, 0.05) is 41.2 Å². The van der Waals surface area contributed by atoms with Gasteiger partial charge < -0.3 is 20.3 Å². The predicted octanol–water partition coefficient (Wildman–Crippen LogP) is 5.38. The Labute approximate surface area is 213 Å². The number of primary amides is 1. The Morgan fingerprint density at radius 2 is 1.86 bits per heavy atom. The van der Waals surface area contributed by atoms with Crippen molar-refractivity contribution >= 4 is 45.6 Å². The van der Waals surface area contributed by atoms with Crippen LogP contribution in [0.25, 0.3) is 10.9 Å². The van der Waals surface area contributed by atoms with Crippen LogP contribution in [0.5, 0.6) is 5.75 Å². The molecule has 0 aliphatic heterocycles. The number of hydrogen-bond acceptors (Lipinski definition) is 7. The lowest BCUT2D eigenvalue weighted by Crippen LogP contribution is -2.12. The second kappa shape index (κ2) is 9.99. The van der Waals surface area contributed by atoms with Crippen LogP contribution in [0.2, 0.25) is 5.02 Å². The molecule has 0 saturated carbocycles. The smallest absolute Gasteiger partial charge is 0.252 e. The van der Waals surface area contributed by atoms with Crippen LogP contribution < -0.4 is 15.8 Å². The number of carbonyl (C=O) groups excluding carboxylic acids is 2. The van der Waals surface area contributed by atoms with E-state index in [0.717, 1.165) is 11.3 Å². The van der Waals surface area contributed by atoms with E-state index >= 15 is 0 Å². The number of benzene rings is 2. The molecule has 0 bridgehead atoms. The summed E-state index contributed by atoms with van der Waals surface area (Å²) in [5.74, 6) is 0.505. The summed E-state index contributed by atoms with van der Waals surface area (Å²) < 4.78 is 10.6. The minimum Gasteiger partial charge on any atom is -0.496 e. The van der Waals surface area contributed by atoms with Crippen molar-refractivity contribution < 1.29 is 18.8 Å². The van der Waals surface area contributed by atoms with Gasteiger partial charge in [0.15, 0.2) is 0 Å². The summed E-state index contributed by atoms with van der Waals surface area (Å²) in [7, 11) is 1.47. The first-order valence-electron chi connectivity index (χ1n) is 11.3. The van der Waals surface area contributed by atoms with E-state index in [1.54, 1.807) is 30.5 Å². The Morgan fingerprint density at radius 1 is 1.08 bits per heavy atom. The number of Topliss-reactive ketones (excluding diaryl/α,β-unsaturated/α-hetero) is 1. The zero-order valence-electron chi connectivity index (χ0n) is 20.5. The third-order valence-electron chi connectivity index (χ3n) is 5.71. The number of nitrogens with zero attached hydrogens (tertiary/aromatic N) is 2. The number of ketones is 1. The van der Waals surface area contributed by atoms with E-state index in [1.807, 2.05) is 39.0 Å². The maximum atomic E-state index is 12.6. The standard InChI is InChI=1S/C27H27ClN4O4/c1-27(2,3)25-12-16(32-36-25)11-17(33)9-15-5-6-22(20(28)10-15)31-21-7-8-30-23-14-24(35-4)19(26(29)34)13-18(21)23/h5-8,10,12-14H,9,11H2,1-4H3,(H2,29,34)(H,30,31). The molecular weight excluding hydrogens is 480 g/mol. The zero-order valence-corrected chi connectivity index (χ0v) is 21.3. The van der Waals surface area contributed by atoms with Gasteiger partial charge in [-0.25, -0.2) is 0 Å². The van der Waals surface area contributed by atoms with E-state index < -0.39 is 5.91 Å². The van der Waals surface area contributed by atoms with Crippen LogP contribution in [0.3, 0.4) is 0 Å². The molecule has 0 aliphatic rings. The molecule has 0 unspecified atom stereocenters. The normalized spacial score (nSPS) is 11.5. The van der Waals surface area contributed by atoms with Crippen LogP contribution in [0, 0.1) is 0 Å². The number of amides is 1. The van der Waals surface area contributed by atoms with Gasteiger partial charge in [-0.15, -0.1) is 0 Å². The van der Waals surface area contributed by atoms with Crippen LogP contribution in [-0.4, -0.2) is 28.9 Å². The molecule has 4 rings (SSSR count). The van der Waals surface area contributed by atoms with Gasteiger partial charge in [0.2, 0.25) is 0 Å². The van der Waals surface area contributed by atoms with Crippen LogP contribution >= 0.6 is 11.6 Å². The average Bonchev–Trinajstić information content (AvgIpc) is 3.29.